The second-order valence-electron chi connectivity index (χ2n) is 7.47. The van der Waals surface area contributed by atoms with Crippen molar-refractivity contribution in [3.63, 3.8) is 0 Å². The van der Waals surface area contributed by atoms with Crippen molar-refractivity contribution < 1.29 is 9.18 Å². The topological polar surface area (TPSA) is 47.6 Å². The molecule has 0 bridgehead atoms. The summed E-state index contributed by atoms with van der Waals surface area (Å²) in [5.41, 5.74) is 4.27. The summed E-state index contributed by atoms with van der Waals surface area (Å²) < 4.78 is 13.7. The van der Waals surface area contributed by atoms with Gasteiger partial charge in [-0.05, 0) is 61.8 Å². The molecule has 1 aliphatic rings. The van der Waals surface area contributed by atoms with Crippen molar-refractivity contribution in [2.24, 2.45) is 0 Å². The number of rotatable bonds is 4. The van der Waals surface area contributed by atoms with E-state index in [0.29, 0.717) is 22.9 Å². The van der Waals surface area contributed by atoms with Crippen molar-refractivity contribution in [2.45, 2.75) is 20.8 Å². The van der Waals surface area contributed by atoms with Crippen LogP contribution in [0.2, 0.25) is 0 Å². The fourth-order valence-electron chi connectivity index (χ4n) is 3.38. The minimum Gasteiger partial charge on any atom is -0.346 e. The van der Waals surface area contributed by atoms with Crippen LogP contribution in [0.25, 0.3) is 0 Å². The van der Waals surface area contributed by atoms with Crippen molar-refractivity contribution in [1.82, 2.24) is 9.80 Å². The molecule has 0 aliphatic carbocycles. The molecule has 0 spiro atoms. The second kappa shape index (κ2) is 9.33. The van der Waals surface area contributed by atoms with Gasteiger partial charge in [0.1, 0.15) is 5.82 Å². The third kappa shape index (κ3) is 5.52. The number of aryl methyl sites for hydroxylation is 3. The van der Waals surface area contributed by atoms with Crippen LogP contribution in [0.15, 0.2) is 36.4 Å². The van der Waals surface area contributed by atoms with Gasteiger partial charge in [-0.1, -0.05) is 24.3 Å². The Hall–Kier alpha value is -2.51. The normalized spacial score (nSPS) is 14.6. The Morgan fingerprint density at radius 3 is 2.28 bits per heavy atom. The lowest BCUT2D eigenvalue weighted by atomic mass is 10.1. The highest BCUT2D eigenvalue weighted by Gasteiger charge is 2.21. The zero-order chi connectivity index (χ0) is 21.0. The lowest BCUT2D eigenvalue weighted by Gasteiger charge is -2.35. The van der Waals surface area contributed by atoms with Crippen molar-refractivity contribution >= 4 is 34.6 Å². The molecule has 0 aromatic heterocycles. The Bertz CT molecular complexity index is 889. The lowest BCUT2D eigenvalue weighted by molar-refractivity contribution is -0.117. The van der Waals surface area contributed by atoms with Crippen molar-refractivity contribution in [3.05, 3.63) is 58.9 Å². The quantitative estimate of drug-likeness (QED) is 0.747. The fourth-order valence-corrected chi connectivity index (χ4v) is 3.68. The van der Waals surface area contributed by atoms with Crippen LogP contribution in [0, 0.1) is 26.6 Å². The van der Waals surface area contributed by atoms with E-state index in [1.54, 1.807) is 13.0 Å². The molecule has 1 aliphatic heterocycles. The van der Waals surface area contributed by atoms with Crippen LogP contribution < -0.4 is 10.6 Å². The molecular weight excluding hydrogens is 387 g/mol. The Morgan fingerprint density at radius 2 is 1.66 bits per heavy atom. The molecule has 0 unspecified atom stereocenters. The first kappa shape index (κ1) is 21.2. The molecule has 5 nitrogen and oxygen atoms in total. The van der Waals surface area contributed by atoms with Gasteiger partial charge in [0.25, 0.3) is 0 Å². The van der Waals surface area contributed by atoms with Crippen molar-refractivity contribution in [2.75, 3.05) is 43.4 Å². The molecule has 0 saturated carbocycles. The summed E-state index contributed by atoms with van der Waals surface area (Å²) in [6.45, 7) is 8.99. The predicted molar refractivity (Wildman–Crippen MR) is 120 cm³/mol. The molecule has 3 rings (SSSR count). The molecule has 1 heterocycles. The van der Waals surface area contributed by atoms with Crippen LogP contribution in [0.3, 0.4) is 0 Å². The Morgan fingerprint density at radius 1 is 1.00 bits per heavy atom. The van der Waals surface area contributed by atoms with Crippen molar-refractivity contribution in [1.29, 1.82) is 0 Å². The number of benzene rings is 2. The maximum absolute atomic E-state index is 13.7. The van der Waals surface area contributed by atoms with E-state index in [1.807, 2.05) is 43.0 Å². The molecule has 0 radical (unpaired) electrons. The van der Waals surface area contributed by atoms with E-state index in [1.165, 1.54) is 6.07 Å². The van der Waals surface area contributed by atoms with Crippen LogP contribution in [0.5, 0.6) is 0 Å². The first-order valence-corrected chi connectivity index (χ1v) is 10.1. The van der Waals surface area contributed by atoms with Crippen LogP contribution in [0.4, 0.5) is 15.8 Å². The third-order valence-corrected chi connectivity index (χ3v) is 5.56. The van der Waals surface area contributed by atoms with E-state index in [2.05, 4.69) is 15.5 Å². The molecule has 29 heavy (non-hydrogen) atoms. The Labute approximate surface area is 176 Å². The fraction of sp³-hybridized carbons (Fsp3) is 0.364. The van der Waals surface area contributed by atoms with Gasteiger partial charge < -0.3 is 15.5 Å². The number of hydrogen-bond donors (Lipinski definition) is 2. The predicted octanol–water partition coefficient (Wildman–Crippen LogP) is 3.70. The van der Waals surface area contributed by atoms with Gasteiger partial charge in [0.2, 0.25) is 5.91 Å². The zero-order valence-electron chi connectivity index (χ0n) is 17.1. The Balaban J connectivity index is 1.48. The van der Waals surface area contributed by atoms with E-state index in [-0.39, 0.29) is 11.7 Å². The smallest absolute Gasteiger partial charge is 0.238 e. The highest BCUT2D eigenvalue weighted by molar-refractivity contribution is 7.80. The van der Waals surface area contributed by atoms with Crippen molar-refractivity contribution in [3.8, 4) is 0 Å². The number of nitrogens with one attached hydrogen (secondary N) is 2. The van der Waals surface area contributed by atoms with Gasteiger partial charge in [0.15, 0.2) is 5.11 Å². The molecule has 154 valence electrons. The lowest BCUT2D eigenvalue weighted by Crippen LogP contribution is -2.51. The molecule has 2 aromatic rings. The number of halogens is 1. The Kier molecular flexibility index (Phi) is 6.82. The average molecular weight is 415 g/mol. The van der Waals surface area contributed by atoms with Crippen LogP contribution in [-0.4, -0.2) is 53.5 Å². The van der Waals surface area contributed by atoms with Gasteiger partial charge in [0, 0.05) is 37.6 Å². The number of carbonyl (C=O) groups is 1. The number of piperazine rings is 1. The molecule has 1 fully saturated rings. The van der Waals surface area contributed by atoms with Gasteiger partial charge in [-0.2, -0.15) is 0 Å². The molecule has 2 aromatic carbocycles. The molecule has 0 atom stereocenters. The third-order valence-electron chi connectivity index (χ3n) is 5.20. The van der Waals surface area contributed by atoms with Gasteiger partial charge in [-0.25, -0.2) is 4.39 Å². The second-order valence-corrected chi connectivity index (χ2v) is 7.86. The first-order valence-electron chi connectivity index (χ1n) is 9.74. The standard InChI is InChI=1S/C22H27FN4OS/c1-15-7-8-18(13-19(15)23)24-22(29)27-11-9-26(10-12-27)14-20(28)25-21-16(2)5-4-6-17(21)3/h4-8,13H,9-12,14H2,1-3H3,(H,24,29)(H,25,28). The summed E-state index contributed by atoms with van der Waals surface area (Å²) in [5, 5.41) is 6.71. The van der Waals surface area contributed by atoms with E-state index in [4.69, 9.17) is 12.2 Å². The number of nitrogens with zero attached hydrogens (tertiary/aromatic N) is 2. The molecule has 1 saturated heterocycles. The summed E-state index contributed by atoms with van der Waals surface area (Å²) >= 11 is 5.47. The van der Waals surface area contributed by atoms with Gasteiger partial charge in [0.05, 0.1) is 6.54 Å². The summed E-state index contributed by atoms with van der Waals surface area (Å²) in [4.78, 5) is 16.6. The summed E-state index contributed by atoms with van der Waals surface area (Å²) in [7, 11) is 0. The zero-order valence-corrected chi connectivity index (χ0v) is 17.9. The first-order chi connectivity index (χ1) is 13.8. The highest BCUT2D eigenvalue weighted by Crippen LogP contribution is 2.19. The van der Waals surface area contributed by atoms with Gasteiger partial charge in [-0.15, -0.1) is 0 Å². The van der Waals surface area contributed by atoms with Crippen LogP contribution >= 0.6 is 12.2 Å². The largest absolute Gasteiger partial charge is 0.346 e. The number of amides is 1. The highest BCUT2D eigenvalue weighted by atomic mass is 32.1. The maximum Gasteiger partial charge on any atom is 0.238 e. The number of carbonyl (C=O) groups excluding carboxylic acids is 1. The number of thiocarbonyl (C=S) groups is 1. The van der Waals surface area contributed by atoms with E-state index >= 15 is 0 Å². The number of hydrogen-bond acceptors (Lipinski definition) is 3. The molecular formula is C22H27FN4OS. The average Bonchev–Trinajstić information content (AvgIpc) is 2.68. The van der Waals surface area contributed by atoms with Crippen LogP contribution in [-0.2, 0) is 4.79 Å². The van der Waals surface area contributed by atoms with E-state index < -0.39 is 0 Å². The number of para-hydroxylation sites is 1. The molecule has 7 heteroatoms. The summed E-state index contributed by atoms with van der Waals surface area (Å²) in [6.07, 6.45) is 0. The summed E-state index contributed by atoms with van der Waals surface area (Å²) in [6, 6.07) is 11.0. The van der Waals surface area contributed by atoms with E-state index in [9.17, 15) is 9.18 Å². The summed E-state index contributed by atoms with van der Waals surface area (Å²) in [5.74, 6) is -0.260. The van der Waals surface area contributed by atoms with Gasteiger partial charge in [-0.3, -0.25) is 9.69 Å². The minimum absolute atomic E-state index is 0.00770. The number of anilines is 2. The van der Waals surface area contributed by atoms with Gasteiger partial charge >= 0.3 is 0 Å². The minimum atomic E-state index is -0.252. The maximum atomic E-state index is 13.7. The van der Waals surface area contributed by atoms with E-state index in [0.717, 1.165) is 43.0 Å². The monoisotopic (exact) mass is 414 g/mol. The molecule has 2 N–H and O–H groups in total. The SMILES string of the molecule is Cc1ccc(NC(=S)N2CCN(CC(=O)Nc3c(C)cccc3C)CC2)cc1F. The van der Waals surface area contributed by atoms with Crippen LogP contribution in [0.1, 0.15) is 16.7 Å². The molecule has 1 amide bonds.